The van der Waals surface area contributed by atoms with E-state index in [1.165, 1.54) is 7.11 Å². The second kappa shape index (κ2) is 7.67. The van der Waals surface area contributed by atoms with Gasteiger partial charge in [0.05, 0.1) is 7.11 Å². The van der Waals surface area contributed by atoms with E-state index >= 15 is 0 Å². The Labute approximate surface area is 106 Å². The Morgan fingerprint density at radius 1 is 1.47 bits per heavy atom. The quantitative estimate of drug-likeness (QED) is 0.659. The Bertz CT molecular complexity index is 233. The van der Waals surface area contributed by atoms with Crippen molar-refractivity contribution in [1.29, 1.82) is 0 Å². The number of carbonyl (C=O) groups excluding carboxylic acids is 1. The largest absolute Gasteiger partial charge is 0.468 e. The first-order chi connectivity index (χ1) is 7.95. The van der Waals surface area contributed by atoms with Crippen LogP contribution in [0.3, 0.4) is 0 Å². The molecule has 0 saturated carbocycles. The summed E-state index contributed by atoms with van der Waals surface area (Å²) in [6.45, 7) is 10.4. The summed E-state index contributed by atoms with van der Waals surface area (Å²) in [5.41, 5.74) is -0.588. The first kappa shape index (κ1) is 16.4. The lowest BCUT2D eigenvalue weighted by atomic mass is 9.97. The van der Waals surface area contributed by atoms with Gasteiger partial charge in [-0.2, -0.15) is 0 Å². The lowest BCUT2D eigenvalue weighted by Gasteiger charge is -2.32. The lowest BCUT2D eigenvalue weighted by molar-refractivity contribution is -0.148. The molecular weight excluding hydrogens is 216 g/mol. The van der Waals surface area contributed by atoms with Gasteiger partial charge in [0.1, 0.15) is 5.54 Å². The van der Waals surface area contributed by atoms with Crippen molar-refractivity contribution in [1.82, 2.24) is 10.2 Å². The molecule has 2 atom stereocenters. The van der Waals surface area contributed by atoms with Gasteiger partial charge in [0.25, 0.3) is 0 Å². The van der Waals surface area contributed by atoms with E-state index in [1.54, 1.807) is 7.05 Å². The smallest absolute Gasteiger partial charge is 0.325 e. The molecule has 0 amide bonds. The molecule has 4 heteroatoms. The van der Waals surface area contributed by atoms with E-state index in [0.717, 1.165) is 25.9 Å². The van der Waals surface area contributed by atoms with Crippen molar-refractivity contribution in [2.24, 2.45) is 0 Å². The molecule has 0 radical (unpaired) electrons. The average Bonchev–Trinajstić information content (AvgIpc) is 2.37. The molecule has 0 bridgehead atoms. The van der Waals surface area contributed by atoms with Gasteiger partial charge in [0.15, 0.2) is 0 Å². The Balaban J connectivity index is 4.44. The first-order valence-corrected chi connectivity index (χ1v) is 6.46. The predicted octanol–water partition coefficient (Wildman–Crippen LogP) is 1.65. The van der Waals surface area contributed by atoms with Gasteiger partial charge in [-0.05, 0) is 40.3 Å². The van der Waals surface area contributed by atoms with Crippen molar-refractivity contribution in [2.45, 2.75) is 52.1 Å². The molecule has 0 heterocycles. The molecule has 0 aromatic carbocycles. The summed E-state index contributed by atoms with van der Waals surface area (Å²) in [6.07, 6.45) is 1.89. The van der Waals surface area contributed by atoms with Crippen LogP contribution in [0, 0.1) is 0 Å². The van der Waals surface area contributed by atoms with Gasteiger partial charge in [-0.25, -0.2) is 0 Å². The second-order valence-corrected chi connectivity index (χ2v) is 4.71. The maximum absolute atomic E-state index is 11.7. The second-order valence-electron chi connectivity index (χ2n) is 4.71. The van der Waals surface area contributed by atoms with E-state index in [4.69, 9.17) is 4.74 Å². The van der Waals surface area contributed by atoms with Crippen LogP contribution >= 0.6 is 0 Å². The number of ether oxygens (including phenoxy) is 1. The predicted molar refractivity (Wildman–Crippen MR) is 71.1 cm³/mol. The molecule has 1 N–H and O–H groups in total. The summed E-state index contributed by atoms with van der Waals surface area (Å²) in [5, 5.41) is 3.06. The van der Waals surface area contributed by atoms with Crippen LogP contribution in [-0.2, 0) is 9.53 Å². The highest BCUT2D eigenvalue weighted by Gasteiger charge is 2.32. The minimum Gasteiger partial charge on any atom is -0.468 e. The number of carbonyl (C=O) groups is 1. The first-order valence-electron chi connectivity index (χ1n) is 6.46. The third kappa shape index (κ3) is 4.64. The van der Waals surface area contributed by atoms with Gasteiger partial charge >= 0.3 is 5.97 Å². The molecule has 0 rings (SSSR count). The number of hydrogen-bond donors (Lipinski definition) is 1. The fraction of sp³-hybridized carbons (Fsp3) is 0.923. The van der Waals surface area contributed by atoms with Crippen molar-refractivity contribution >= 4 is 5.97 Å². The third-order valence-corrected chi connectivity index (χ3v) is 3.71. The molecule has 0 aliphatic heterocycles. The van der Waals surface area contributed by atoms with E-state index in [2.05, 4.69) is 31.0 Å². The van der Waals surface area contributed by atoms with Crippen LogP contribution in [0.15, 0.2) is 0 Å². The fourth-order valence-corrected chi connectivity index (χ4v) is 1.87. The zero-order valence-corrected chi connectivity index (χ0v) is 12.2. The molecule has 0 fully saturated rings. The Hall–Kier alpha value is -0.610. The summed E-state index contributed by atoms with van der Waals surface area (Å²) in [4.78, 5) is 14.1. The zero-order valence-electron chi connectivity index (χ0n) is 12.2. The van der Waals surface area contributed by atoms with E-state index in [-0.39, 0.29) is 5.97 Å². The van der Waals surface area contributed by atoms with Crippen LogP contribution < -0.4 is 5.32 Å². The average molecular weight is 244 g/mol. The van der Waals surface area contributed by atoms with Crippen LogP contribution in [-0.4, -0.2) is 49.7 Å². The van der Waals surface area contributed by atoms with Crippen LogP contribution in [0.5, 0.6) is 0 Å². The van der Waals surface area contributed by atoms with E-state index in [9.17, 15) is 4.79 Å². The van der Waals surface area contributed by atoms with Gasteiger partial charge in [-0.3, -0.25) is 4.79 Å². The number of nitrogens with one attached hydrogen (secondary N) is 1. The monoisotopic (exact) mass is 244 g/mol. The van der Waals surface area contributed by atoms with Crippen molar-refractivity contribution in [2.75, 3.05) is 27.2 Å². The molecule has 0 saturated heterocycles. The Morgan fingerprint density at radius 2 is 2.06 bits per heavy atom. The maximum atomic E-state index is 11.7. The Kier molecular flexibility index (Phi) is 7.39. The van der Waals surface area contributed by atoms with Gasteiger partial charge in [-0.1, -0.05) is 13.8 Å². The maximum Gasteiger partial charge on any atom is 0.325 e. The van der Waals surface area contributed by atoms with Crippen molar-refractivity contribution in [3.05, 3.63) is 0 Å². The summed E-state index contributed by atoms with van der Waals surface area (Å²) in [7, 11) is 3.24. The van der Waals surface area contributed by atoms with Gasteiger partial charge in [-0.15, -0.1) is 0 Å². The van der Waals surface area contributed by atoms with Gasteiger partial charge in [0, 0.05) is 12.6 Å². The van der Waals surface area contributed by atoms with Crippen molar-refractivity contribution in [3.8, 4) is 0 Å². The fourth-order valence-electron chi connectivity index (χ4n) is 1.87. The normalized spacial score (nSPS) is 16.6. The lowest BCUT2D eigenvalue weighted by Crippen LogP contribution is -2.51. The molecule has 0 spiro atoms. The van der Waals surface area contributed by atoms with Crippen LogP contribution in [0.4, 0.5) is 0 Å². The number of nitrogens with zero attached hydrogens (tertiary/aromatic N) is 1. The zero-order chi connectivity index (χ0) is 13.5. The summed E-state index contributed by atoms with van der Waals surface area (Å²) in [5.74, 6) is -0.194. The molecule has 4 nitrogen and oxygen atoms in total. The SMILES string of the molecule is CCC(C)N(CC)CCC(C)(NC)C(=O)OC. The molecular formula is C13H28N2O2. The standard InChI is InChI=1S/C13H28N2O2/c1-7-11(3)15(8-2)10-9-13(4,14-5)12(16)17-6/h11,14H,7-10H2,1-6H3. The minimum absolute atomic E-state index is 0.194. The Morgan fingerprint density at radius 3 is 2.41 bits per heavy atom. The third-order valence-electron chi connectivity index (χ3n) is 3.71. The molecule has 102 valence electrons. The highest BCUT2D eigenvalue weighted by molar-refractivity contribution is 5.80. The molecule has 0 aliphatic rings. The van der Waals surface area contributed by atoms with Crippen LogP contribution in [0.2, 0.25) is 0 Å². The van der Waals surface area contributed by atoms with E-state index in [1.807, 2.05) is 6.92 Å². The van der Waals surface area contributed by atoms with E-state index < -0.39 is 5.54 Å². The topological polar surface area (TPSA) is 41.6 Å². The molecule has 0 aromatic heterocycles. The number of hydrogen-bond acceptors (Lipinski definition) is 4. The number of rotatable bonds is 8. The van der Waals surface area contributed by atoms with Gasteiger partial charge in [0.2, 0.25) is 0 Å². The van der Waals surface area contributed by atoms with E-state index in [0.29, 0.717) is 6.04 Å². The number of esters is 1. The summed E-state index contributed by atoms with van der Waals surface area (Å²) >= 11 is 0. The summed E-state index contributed by atoms with van der Waals surface area (Å²) < 4.78 is 4.84. The van der Waals surface area contributed by atoms with Crippen LogP contribution in [0.25, 0.3) is 0 Å². The van der Waals surface area contributed by atoms with Gasteiger partial charge < -0.3 is 15.0 Å². The molecule has 0 aliphatic carbocycles. The number of likely N-dealkylation sites (N-methyl/N-ethyl adjacent to an activating group) is 1. The molecule has 0 aromatic rings. The van der Waals surface area contributed by atoms with Crippen molar-refractivity contribution in [3.63, 3.8) is 0 Å². The minimum atomic E-state index is -0.588. The highest BCUT2D eigenvalue weighted by atomic mass is 16.5. The van der Waals surface area contributed by atoms with Crippen molar-refractivity contribution < 1.29 is 9.53 Å². The molecule has 2 unspecified atom stereocenters. The summed E-state index contributed by atoms with van der Waals surface area (Å²) in [6, 6.07) is 0.554. The van der Waals surface area contributed by atoms with Crippen LogP contribution in [0.1, 0.15) is 40.5 Å². The number of methoxy groups -OCH3 is 1. The highest BCUT2D eigenvalue weighted by Crippen LogP contribution is 2.14. The molecule has 17 heavy (non-hydrogen) atoms.